The Hall–Kier alpha value is -3.54. The van der Waals surface area contributed by atoms with Crippen LogP contribution in [0, 0.1) is 0 Å². The highest BCUT2D eigenvalue weighted by molar-refractivity contribution is 5.95. The molecule has 0 unspecified atom stereocenters. The van der Waals surface area contributed by atoms with Gasteiger partial charge in [0.2, 0.25) is 5.91 Å². The molecular formula is C19H14N4O2. The van der Waals surface area contributed by atoms with Gasteiger partial charge in [-0.05, 0) is 28.5 Å². The molecule has 2 aromatic carbocycles. The molecule has 0 fully saturated rings. The van der Waals surface area contributed by atoms with Crippen LogP contribution in [-0.4, -0.2) is 21.1 Å². The molecule has 0 saturated heterocycles. The van der Waals surface area contributed by atoms with Gasteiger partial charge in [-0.25, -0.2) is 0 Å². The third kappa shape index (κ3) is 3.23. The van der Waals surface area contributed by atoms with Crippen molar-refractivity contribution in [3.63, 3.8) is 0 Å². The largest absolute Gasteiger partial charge is 0.403 e. The van der Waals surface area contributed by atoms with Crippen molar-refractivity contribution in [2.45, 2.75) is 6.42 Å². The molecular weight excluding hydrogens is 316 g/mol. The molecule has 6 heteroatoms. The summed E-state index contributed by atoms with van der Waals surface area (Å²) in [4.78, 5) is 16.3. The maximum absolute atomic E-state index is 12.3. The number of hydrogen-bond acceptors (Lipinski definition) is 5. The summed E-state index contributed by atoms with van der Waals surface area (Å²) in [6.07, 6.45) is 3.51. The predicted octanol–water partition coefficient (Wildman–Crippen LogP) is 3.47. The standard InChI is InChI=1S/C19H14N4O2/c24-17(11-14-7-3-6-13-5-1-2-9-16(13)14)21-19-23-22-18(25-19)15-8-4-10-20-12-15/h1-10,12H,11H2,(H,21,23,24). The lowest BCUT2D eigenvalue weighted by molar-refractivity contribution is -0.115. The topological polar surface area (TPSA) is 80.9 Å². The molecule has 25 heavy (non-hydrogen) atoms. The van der Waals surface area contributed by atoms with E-state index in [-0.39, 0.29) is 18.3 Å². The van der Waals surface area contributed by atoms with E-state index in [1.165, 1.54) is 0 Å². The minimum Gasteiger partial charge on any atom is -0.403 e. The van der Waals surface area contributed by atoms with Gasteiger partial charge >= 0.3 is 6.01 Å². The fourth-order valence-electron chi connectivity index (χ4n) is 2.66. The van der Waals surface area contributed by atoms with Gasteiger partial charge in [0.05, 0.1) is 12.0 Å². The zero-order valence-electron chi connectivity index (χ0n) is 13.2. The first-order valence-electron chi connectivity index (χ1n) is 7.80. The summed E-state index contributed by atoms with van der Waals surface area (Å²) in [5.74, 6) is 0.103. The van der Waals surface area contributed by atoms with E-state index in [4.69, 9.17) is 4.42 Å². The number of pyridine rings is 1. The van der Waals surface area contributed by atoms with Crippen LogP contribution in [0.4, 0.5) is 6.01 Å². The first-order chi connectivity index (χ1) is 12.3. The van der Waals surface area contributed by atoms with E-state index in [1.807, 2.05) is 48.5 Å². The van der Waals surface area contributed by atoms with Crippen LogP contribution in [-0.2, 0) is 11.2 Å². The van der Waals surface area contributed by atoms with Crippen molar-refractivity contribution >= 4 is 22.7 Å². The van der Waals surface area contributed by atoms with Crippen LogP contribution in [0.1, 0.15) is 5.56 Å². The van der Waals surface area contributed by atoms with Gasteiger partial charge in [0.15, 0.2) is 0 Å². The summed E-state index contributed by atoms with van der Waals surface area (Å²) < 4.78 is 5.47. The molecule has 2 aromatic heterocycles. The molecule has 122 valence electrons. The minimum atomic E-state index is -0.210. The second-order valence-corrected chi connectivity index (χ2v) is 5.52. The Morgan fingerprint density at radius 3 is 2.76 bits per heavy atom. The molecule has 1 N–H and O–H groups in total. The molecule has 6 nitrogen and oxygen atoms in total. The molecule has 2 heterocycles. The summed E-state index contributed by atoms with van der Waals surface area (Å²) in [5.41, 5.74) is 1.65. The van der Waals surface area contributed by atoms with Crippen LogP contribution < -0.4 is 5.32 Å². The van der Waals surface area contributed by atoms with Crippen molar-refractivity contribution in [1.82, 2.24) is 15.2 Å². The zero-order chi connectivity index (χ0) is 17.1. The second kappa shape index (κ2) is 6.52. The fraction of sp³-hybridized carbons (Fsp3) is 0.0526. The number of aromatic nitrogens is 3. The van der Waals surface area contributed by atoms with Crippen molar-refractivity contribution < 1.29 is 9.21 Å². The molecule has 0 bridgehead atoms. The van der Waals surface area contributed by atoms with Crippen molar-refractivity contribution in [2.75, 3.05) is 5.32 Å². The molecule has 4 aromatic rings. The van der Waals surface area contributed by atoms with Gasteiger partial charge in [-0.15, -0.1) is 5.10 Å². The maximum atomic E-state index is 12.3. The smallest absolute Gasteiger partial charge is 0.322 e. The van der Waals surface area contributed by atoms with E-state index >= 15 is 0 Å². The van der Waals surface area contributed by atoms with Gasteiger partial charge in [0, 0.05) is 12.4 Å². The number of rotatable bonds is 4. The Kier molecular flexibility index (Phi) is 3.92. The second-order valence-electron chi connectivity index (χ2n) is 5.52. The van der Waals surface area contributed by atoms with Crippen LogP contribution in [0.25, 0.3) is 22.2 Å². The van der Waals surface area contributed by atoms with E-state index in [0.29, 0.717) is 11.5 Å². The first-order valence-corrected chi connectivity index (χ1v) is 7.80. The van der Waals surface area contributed by atoms with E-state index in [1.54, 1.807) is 18.5 Å². The van der Waals surface area contributed by atoms with Gasteiger partial charge in [-0.3, -0.25) is 15.1 Å². The van der Waals surface area contributed by atoms with Crippen LogP contribution in [0.2, 0.25) is 0 Å². The van der Waals surface area contributed by atoms with Crippen molar-refractivity contribution in [3.8, 4) is 11.5 Å². The lowest BCUT2D eigenvalue weighted by Crippen LogP contribution is -2.14. The summed E-state index contributed by atoms with van der Waals surface area (Å²) in [5, 5.41) is 12.6. The molecule has 0 aliphatic carbocycles. The van der Waals surface area contributed by atoms with Crippen LogP contribution in [0.5, 0.6) is 0 Å². The number of carbonyl (C=O) groups is 1. The summed E-state index contributed by atoms with van der Waals surface area (Å²) in [7, 11) is 0. The van der Waals surface area contributed by atoms with E-state index < -0.39 is 0 Å². The van der Waals surface area contributed by atoms with Crippen LogP contribution >= 0.6 is 0 Å². The Labute approximate surface area is 143 Å². The van der Waals surface area contributed by atoms with E-state index in [0.717, 1.165) is 16.3 Å². The quantitative estimate of drug-likeness (QED) is 0.620. The maximum Gasteiger partial charge on any atom is 0.322 e. The highest BCUT2D eigenvalue weighted by Gasteiger charge is 2.12. The molecule has 0 aliphatic heterocycles. The molecule has 0 atom stereocenters. The normalized spacial score (nSPS) is 10.7. The number of fused-ring (bicyclic) bond motifs is 1. The Morgan fingerprint density at radius 1 is 1.00 bits per heavy atom. The van der Waals surface area contributed by atoms with Gasteiger partial charge in [0.25, 0.3) is 5.89 Å². The number of amides is 1. The number of anilines is 1. The average Bonchev–Trinajstić information content (AvgIpc) is 3.11. The van der Waals surface area contributed by atoms with Gasteiger partial charge in [-0.2, -0.15) is 0 Å². The van der Waals surface area contributed by atoms with Gasteiger partial charge in [-0.1, -0.05) is 47.6 Å². The Morgan fingerprint density at radius 2 is 1.88 bits per heavy atom. The van der Waals surface area contributed by atoms with Crippen LogP contribution in [0.15, 0.2) is 71.4 Å². The van der Waals surface area contributed by atoms with Gasteiger partial charge in [0.1, 0.15) is 0 Å². The molecule has 0 spiro atoms. The molecule has 1 amide bonds. The minimum absolute atomic E-state index is 0.0732. The predicted molar refractivity (Wildman–Crippen MR) is 93.8 cm³/mol. The highest BCUT2D eigenvalue weighted by Crippen LogP contribution is 2.21. The number of carbonyl (C=O) groups excluding carboxylic acids is 1. The molecule has 0 saturated carbocycles. The van der Waals surface area contributed by atoms with E-state index in [2.05, 4.69) is 20.5 Å². The third-order valence-corrected chi connectivity index (χ3v) is 3.81. The zero-order valence-corrected chi connectivity index (χ0v) is 13.2. The van der Waals surface area contributed by atoms with E-state index in [9.17, 15) is 4.79 Å². The Balaban J connectivity index is 1.50. The SMILES string of the molecule is O=C(Cc1cccc2ccccc12)Nc1nnc(-c2cccnc2)o1. The van der Waals surface area contributed by atoms with Crippen LogP contribution in [0.3, 0.4) is 0 Å². The van der Waals surface area contributed by atoms with Crippen molar-refractivity contribution in [1.29, 1.82) is 0 Å². The lowest BCUT2D eigenvalue weighted by atomic mass is 10.0. The third-order valence-electron chi connectivity index (χ3n) is 3.81. The summed E-state index contributed by atoms with van der Waals surface area (Å²) in [6, 6.07) is 17.5. The summed E-state index contributed by atoms with van der Waals surface area (Å²) >= 11 is 0. The highest BCUT2D eigenvalue weighted by atomic mass is 16.4. The monoisotopic (exact) mass is 330 g/mol. The molecule has 0 aliphatic rings. The molecule has 0 radical (unpaired) electrons. The fourth-order valence-corrected chi connectivity index (χ4v) is 2.66. The first kappa shape index (κ1) is 15.0. The number of nitrogens with one attached hydrogen (secondary N) is 1. The molecule has 4 rings (SSSR count). The average molecular weight is 330 g/mol. The number of benzene rings is 2. The van der Waals surface area contributed by atoms with Crippen molar-refractivity contribution in [3.05, 3.63) is 72.6 Å². The summed E-state index contributed by atoms with van der Waals surface area (Å²) in [6.45, 7) is 0. The van der Waals surface area contributed by atoms with Gasteiger partial charge < -0.3 is 4.42 Å². The van der Waals surface area contributed by atoms with Crippen molar-refractivity contribution in [2.24, 2.45) is 0 Å². The Bertz CT molecular complexity index is 1020. The number of hydrogen-bond donors (Lipinski definition) is 1. The number of nitrogens with zero attached hydrogens (tertiary/aromatic N) is 3. The lowest BCUT2D eigenvalue weighted by Gasteiger charge is -2.05.